The molecule has 1 fully saturated rings. The quantitative estimate of drug-likeness (QED) is 0.720. The third-order valence-electron chi connectivity index (χ3n) is 3.93. The molecule has 0 spiro atoms. The summed E-state index contributed by atoms with van der Waals surface area (Å²) < 4.78 is 5.72. The van der Waals surface area contributed by atoms with Crippen LogP contribution in [0.3, 0.4) is 0 Å². The lowest BCUT2D eigenvalue weighted by molar-refractivity contribution is -0.132. The fourth-order valence-corrected chi connectivity index (χ4v) is 2.56. The van der Waals surface area contributed by atoms with Crippen LogP contribution in [0.15, 0.2) is 30.3 Å². The predicted molar refractivity (Wildman–Crippen MR) is 95.2 cm³/mol. The Kier molecular flexibility index (Phi) is 9.37. The molecule has 0 aromatic heterocycles. The van der Waals surface area contributed by atoms with Crippen LogP contribution in [0.2, 0.25) is 0 Å². The van der Waals surface area contributed by atoms with E-state index < -0.39 is 0 Å². The average molecular weight is 356 g/mol. The van der Waals surface area contributed by atoms with Crippen molar-refractivity contribution in [3.05, 3.63) is 35.9 Å². The van der Waals surface area contributed by atoms with Crippen molar-refractivity contribution in [2.24, 2.45) is 5.73 Å². The molecule has 6 nitrogen and oxygen atoms in total. The van der Waals surface area contributed by atoms with Crippen LogP contribution in [0.5, 0.6) is 0 Å². The van der Waals surface area contributed by atoms with Crippen molar-refractivity contribution in [3.63, 3.8) is 0 Å². The van der Waals surface area contributed by atoms with Crippen molar-refractivity contribution in [2.75, 3.05) is 32.8 Å². The molecule has 0 unspecified atom stereocenters. The molecule has 0 radical (unpaired) electrons. The third-order valence-corrected chi connectivity index (χ3v) is 3.93. The molecule has 134 valence electrons. The molecule has 0 saturated carbocycles. The number of carbonyl (C=O) groups is 2. The molecule has 3 N–H and O–H groups in total. The Hall–Kier alpha value is -1.63. The van der Waals surface area contributed by atoms with Crippen LogP contribution in [0.1, 0.15) is 29.6 Å². The van der Waals surface area contributed by atoms with Gasteiger partial charge in [-0.1, -0.05) is 18.2 Å². The summed E-state index contributed by atoms with van der Waals surface area (Å²) in [6.45, 7) is 2.70. The Bertz CT molecular complexity index is 505. The van der Waals surface area contributed by atoms with Crippen molar-refractivity contribution < 1.29 is 14.3 Å². The van der Waals surface area contributed by atoms with Crippen LogP contribution in [-0.2, 0) is 9.53 Å². The van der Waals surface area contributed by atoms with Crippen molar-refractivity contribution in [1.82, 2.24) is 10.2 Å². The molecule has 1 aromatic rings. The summed E-state index contributed by atoms with van der Waals surface area (Å²) >= 11 is 0. The van der Waals surface area contributed by atoms with E-state index in [1.807, 2.05) is 6.07 Å². The van der Waals surface area contributed by atoms with Crippen LogP contribution in [-0.4, -0.2) is 55.6 Å². The summed E-state index contributed by atoms with van der Waals surface area (Å²) in [6, 6.07) is 8.90. The smallest absolute Gasteiger partial charge is 0.251 e. The van der Waals surface area contributed by atoms with Crippen LogP contribution in [0.4, 0.5) is 0 Å². The summed E-state index contributed by atoms with van der Waals surface area (Å²) in [5, 5.41) is 2.67. The van der Waals surface area contributed by atoms with Gasteiger partial charge in [0.05, 0.1) is 12.6 Å². The summed E-state index contributed by atoms with van der Waals surface area (Å²) in [6.07, 6.45) is 2.75. The topological polar surface area (TPSA) is 84.7 Å². The lowest BCUT2D eigenvalue weighted by Crippen LogP contribution is -2.45. The van der Waals surface area contributed by atoms with E-state index in [9.17, 15) is 9.59 Å². The summed E-state index contributed by atoms with van der Waals surface area (Å²) in [7, 11) is 0. The molecule has 7 heteroatoms. The third kappa shape index (κ3) is 6.47. The Morgan fingerprint density at radius 3 is 2.50 bits per heavy atom. The molecular formula is C17H26ClN3O3. The van der Waals surface area contributed by atoms with Crippen molar-refractivity contribution in [2.45, 2.75) is 25.4 Å². The van der Waals surface area contributed by atoms with Gasteiger partial charge >= 0.3 is 0 Å². The van der Waals surface area contributed by atoms with E-state index in [-0.39, 0.29) is 36.9 Å². The zero-order chi connectivity index (χ0) is 16.5. The minimum Gasteiger partial charge on any atom is -0.378 e. The predicted octanol–water partition coefficient (Wildman–Crippen LogP) is 1.19. The van der Waals surface area contributed by atoms with Gasteiger partial charge in [0.1, 0.15) is 0 Å². The number of carbonyl (C=O) groups excluding carboxylic acids is 2. The minimum atomic E-state index is -0.223. The molecule has 2 rings (SSSR count). The van der Waals surface area contributed by atoms with Crippen molar-refractivity contribution in [3.8, 4) is 0 Å². The molecule has 1 saturated heterocycles. The summed E-state index contributed by atoms with van der Waals surface area (Å²) in [4.78, 5) is 25.9. The number of amides is 2. The van der Waals surface area contributed by atoms with Gasteiger partial charge in [-0.25, -0.2) is 0 Å². The van der Waals surface area contributed by atoms with Gasteiger partial charge in [0.25, 0.3) is 5.91 Å². The maximum atomic E-state index is 12.2. The summed E-state index contributed by atoms with van der Waals surface area (Å²) in [5.41, 5.74) is 6.00. The van der Waals surface area contributed by atoms with E-state index in [0.717, 1.165) is 19.3 Å². The lowest BCUT2D eigenvalue weighted by atomic mass is 10.1. The van der Waals surface area contributed by atoms with Gasteiger partial charge < -0.3 is 20.7 Å². The highest BCUT2D eigenvalue weighted by atomic mass is 35.5. The molecule has 24 heavy (non-hydrogen) atoms. The van der Waals surface area contributed by atoms with Gasteiger partial charge in [-0.05, 0) is 37.9 Å². The standard InChI is InChI=1S/C17H25N3O3.ClH/c18-9-4-12-23-15-7-10-20(11-8-15)16(21)13-19-17(22)14-5-2-1-3-6-14;/h1-3,5-6,15H,4,7-13,18H2,(H,19,22);1H. The number of hydrogen-bond acceptors (Lipinski definition) is 4. The van der Waals surface area contributed by atoms with Gasteiger partial charge in [0.15, 0.2) is 0 Å². The molecule has 0 bridgehead atoms. The number of likely N-dealkylation sites (tertiary alicyclic amines) is 1. The highest BCUT2D eigenvalue weighted by molar-refractivity contribution is 5.96. The normalized spacial score (nSPS) is 14.8. The lowest BCUT2D eigenvalue weighted by Gasteiger charge is -2.32. The van der Waals surface area contributed by atoms with E-state index >= 15 is 0 Å². The zero-order valence-corrected chi connectivity index (χ0v) is 14.6. The van der Waals surface area contributed by atoms with Crippen LogP contribution < -0.4 is 11.1 Å². The number of nitrogens with zero attached hydrogens (tertiary/aromatic N) is 1. The first-order valence-corrected chi connectivity index (χ1v) is 8.13. The second-order valence-corrected chi connectivity index (χ2v) is 5.64. The second-order valence-electron chi connectivity index (χ2n) is 5.64. The fraction of sp³-hybridized carbons (Fsp3) is 0.529. The first-order valence-electron chi connectivity index (χ1n) is 8.13. The first-order chi connectivity index (χ1) is 11.2. The van der Waals surface area contributed by atoms with Gasteiger partial charge in [0.2, 0.25) is 5.91 Å². The average Bonchev–Trinajstić information content (AvgIpc) is 2.61. The SMILES string of the molecule is Cl.NCCCOC1CCN(C(=O)CNC(=O)c2ccccc2)CC1. The van der Waals surface area contributed by atoms with Gasteiger partial charge in [-0.2, -0.15) is 0 Å². The maximum absolute atomic E-state index is 12.2. The number of piperidine rings is 1. The van der Waals surface area contributed by atoms with E-state index in [0.29, 0.717) is 31.8 Å². The maximum Gasteiger partial charge on any atom is 0.251 e. The number of nitrogens with two attached hydrogens (primary N) is 1. The number of ether oxygens (including phenoxy) is 1. The number of hydrogen-bond donors (Lipinski definition) is 2. The van der Waals surface area contributed by atoms with Gasteiger partial charge in [-0.15, -0.1) is 12.4 Å². The number of benzene rings is 1. The Labute approximate surface area is 149 Å². The van der Waals surface area contributed by atoms with Crippen LogP contribution in [0.25, 0.3) is 0 Å². The fourth-order valence-electron chi connectivity index (χ4n) is 2.56. The minimum absolute atomic E-state index is 0. The van der Waals surface area contributed by atoms with E-state index in [2.05, 4.69) is 5.32 Å². The van der Waals surface area contributed by atoms with E-state index in [1.54, 1.807) is 29.2 Å². The van der Waals surface area contributed by atoms with E-state index in [4.69, 9.17) is 10.5 Å². The highest BCUT2D eigenvalue weighted by Gasteiger charge is 2.23. The Morgan fingerprint density at radius 2 is 1.88 bits per heavy atom. The molecule has 1 aromatic carbocycles. The zero-order valence-electron chi connectivity index (χ0n) is 13.8. The largest absolute Gasteiger partial charge is 0.378 e. The first kappa shape index (κ1) is 20.4. The number of nitrogens with one attached hydrogen (secondary N) is 1. The molecule has 0 atom stereocenters. The van der Waals surface area contributed by atoms with Crippen LogP contribution in [0, 0.1) is 0 Å². The molecule has 1 heterocycles. The summed E-state index contributed by atoms with van der Waals surface area (Å²) in [5.74, 6) is -0.270. The monoisotopic (exact) mass is 355 g/mol. The van der Waals surface area contributed by atoms with Gasteiger partial charge in [0, 0.05) is 25.3 Å². The Balaban J connectivity index is 0.00000288. The molecule has 0 aliphatic carbocycles. The van der Waals surface area contributed by atoms with Crippen molar-refractivity contribution in [1.29, 1.82) is 0 Å². The molecule has 2 amide bonds. The Morgan fingerprint density at radius 1 is 1.21 bits per heavy atom. The number of halogens is 1. The number of rotatable bonds is 7. The van der Waals surface area contributed by atoms with Crippen molar-refractivity contribution >= 4 is 24.2 Å². The molecule has 1 aliphatic heterocycles. The van der Waals surface area contributed by atoms with E-state index in [1.165, 1.54) is 0 Å². The second kappa shape index (κ2) is 11.0. The van der Waals surface area contributed by atoms with Crippen LogP contribution >= 0.6 is 12.4 Å². The van der Waals surface area contributed by atoms with Gasteiger partial charge in [-0.3, -0.25) is 9.59 Å². The molecular weight excluding hydrogens is 330 g/mol. The molecule has 1 aliphatic rings. The highest BCUT2D eigenvalue weighted by Crippen LogP contribution is 2.14.